The second-order valence-corrected chi connectivity index (χ2v) is 7.29. The number of halogens is 2. The summed E-state index contributed by atoms with van der Waals surface area (Å²) in [6, 6.07) is 20.5. The molecular formula is C23H19Cl2NO2. The zero-order valence-corrected chi connectivity index (χ0v) is 16.8. The summed E-state index contributed by atoms with van der Waals surface area (Å²) >= 11 is 12.3. The molecule has 1 N–H and O–H groups in total. The summed E-state index contributed by atoms with van der Waals surface area (Å²) in [5.41, 5.74) is 3.34. The molecule has 0 aliphatic heterocycles. The number of nitrogens with one attached hydrogen (secondary N) is 1. The topological polar surface area (TPSA) is 46.2 Å². The lowest BCUT2D eigenvalue weighted by molar-refractivity contribution is 0.101. The van der Waals surface area contributed by atoms with E-state index < -0.39 is 5.91 Å². The molecule has 0 heterocycles. The Hall–Kier alpha value is -2.62. The third-order valence-electron chi connectivity index (χ3n) is 4.45. The van der Waals surface area contributed by atoms with Gasteiger partial charge in [0.25, 0.3) is 5.91 Å². The standard InChI is InChI=1S/C23H19Cl2NO2/c1-15(27)18-13-12-17(11-10-16-6-3-2-4-7-16)14-21(18)26-23(28)22-19(24)8-5-9-20(22)25/h2-9,12-14H,10-11H2,1H3,(H,26,28). The van der Waals surface area contributed by atoms with E-state index in [4.69, 9.17) is 23.2 Å². The number of aryl methyl sites for hydroxylation is 2. The van der Waals surface area contributed by atoms with Gasteiger partial charge in [-0.2, -0.15) is 0 Å². The van der Waals surface area contributed by atoms with Crippen LogP contribution < -0.4 is 5.32 Å². The van der Waals surface area contributed by atoms with Crippen LogP contribution in [0.25, 0.3) is 0 Å². The zero-order valence-electron chi connectivity index (χ0n) is 15.3. The molecule has 3 nitrogen and oxygen atoms in total. The van der Waals surface area contributed by atoms with E-state index in [0.717, 1.165) is 18.4 Å². The Bertz CT molecular complexity index is 996. The van der Waals surface area contributed by atoms with Crippen LogP contribution in [0.1, 0.15) is 38.8 Å². The van der Waals surface area contributed by atoms with Crippen LogP contribution in [0.3, 0.4) is 0 Å². The molecule has 0 aliphatic carbocycles. The Morgan fingerprint density at radius 2 is 1.46 bits per heavy atom. The van der Waals surface area contributed by atoms with E-state index in [1.165, 1.54) is 12.5 Å². The normalized spacial score (nSPS) is 10.5. The number of rotatable bonds is 6. The first kappa shape index (κ1) is 20.1. The van der Waals surface area contributed by atoms with E-state index in [1.54, 1.807) is 24.3 Å². The number of Topliss-reactive ketones (excluding diaryl/α,β-unsaturated/α-hetero) is 1. The molecule has 0 aliphatic rings. The number of hydrogen-bond donors (Lipinski definition) is 1. The van der Waals surface area contributed by atoms with Gasteiger partial charge in [0, 0.05) is 5.56 Å². The lowest BCUT2D eigenvalue weighted by Gasteiger charge is -2.13. The number of amides is 1. The van der Waals surface area contributed by atoms with Crippen molar-refractivity contribution in [2.45, 2.75) is 19.8 Å². The maximum absolute atomic E-state index is 12.7. The van der Waals surface area contributed by atoms with Crippen LogP contribution in [0.2, 0.25) is 10.0 Å². The van der Waals surface area contributed by atoms with Crippen LogP contribution in [0.5, 0.6) is 0 Å². The number of carbonyl (C=O) groups excluding carboxylic acids is 2. The molecule has 0 radical (unpaired) electrons. The predicted octanol–water partition coefficient (Wildman–Crippen LogP) is 6.23. The Labute approximate surface area is 174 Å². The quantitative estimate of drug-likeness (QED) is 0.488. The molecule has 0 fully saturated rings. The van der Waals surface area contributed by atoms with Gasteiger partial charge in [-0.05, 0) is 55.2 Å². The maximum atomic E-state index is 12.7. The minimum Gasteiger partial charge on any atom is -0.321 e. The fraction of sp³-hybridized carbons (Fsp3) is 0.130. The van der Waals surface area contributed by atoms with Crippen LogP contribution in [0.4, 0.5) is 5.69 Å². The van der Waals surface area contributed by atoms with Crippen molar-refractivity contribution in [3.63, 3.8) is 0 Å². The molecule has 3 aromatic carbocycles. The monoisotopic (exact) mass is 411 g/mol. The Morgan fingerprint density at radius 3 is 2.11 bits per heavy atom. The van der Waals surface area contributed by atoms with Gasteiger partial charge in [0.05, 0.1) is 21.3 Å². The highest BCUT2D eigenvalue weighted by molar-refractivity contribution is 6.40. The Morgan fingerprint density at radius 1 is 0.821 bits per heavy atom. The van der Waals surface area contributed by atoms with Gasteiger partial charge in [-0.25, -0.2) is 0 Å². The van der Waals surface area contributed by atoms with Gasteiger partial charge in [0.15, 0.2) is 5.78 Å². The molecule has 0 spiro atoms. The van der Waals surface area contributed by atoms with Crippen LogP contribution >= 0.6 is 23.2 Å². The van der Waals surface area contributed by atoms with Crippen LogP contribution in [-0.4, -0.2) is 11.7 Å². The van der Waals surface area contributed by atoms with E-state index in [0.29, 0.717) is 11.3 Å². The van der Waals surface area contributed by atoms with Gasteiger partial charge in [-0.1, -0.05) is 65.7 Å². The Balaban J connectivity index is 1.85. The molecule has 0 aromatic heterocycles. The lowest BCUT2D eigenvalue weighted by Crippen LogP contribution is -2.15. The summed E-state index contributed by atoms with van der Waals surface area (Å²) in [7, 11) is 0. The van der Waals surface area contributed by atoms with Crippen LogP contribution in [0, 0.1) is 0 Å². The molecule has 142 valence electrons. The smallest absolute Gasteiger partial charge is 0.258 e. The number of benzene rings is 3. The third-order valence-corrected chi connectivity index (χ3v) is 5.08. The van der Waals surface area contributed by atoms with Crippen molar-refractivity contribution >= 4 is 40.6 Å². The van der Waals surface area contributed by atoms with Gasteiger partial charge < -0.3 is 5.32 Å². The molecule has 0 saturated carbocycles. The molecule has 5 heteroatoms. The number of anilines is 1. The molecule has 0 saturated heterocycles. The van der Waals surface area contributed by atoms with Crippen molar-refractivity contribution in [2.24, 2.45) is 0 Å². The highest BCUT2D eigenvalue weighted by atomic mass is 35.5. The average Bonchev–Trinajstić information content (AvgIpc) is 2.67. The lowest BCUT2D eigenvalue weighted by atomic mass is 10.0. The van der Waals surface area contributed by atoms with Gasteiger partial charge in [-0.3, -0.25) is 9.59 Å². The van der Waals surface area contributed by atoms with Crippen LogP contribution in [-0.2, 0) is 12.8 Å². The van der Waals surface area contributed by atoms with Crippen LogP contribution in [0.15, 0.2) is 66.7 Å². The van der Waals surface area contributed by atoms with Gasteiger partial charge in [-0.15, -0.1) is 0 Å². The van der Waals surface area contributed by atoms with Crippen molar-refractivity contribution < 1.29 is 9.59 Å². The molecule has 0 bridgehead atoms. The SMILES string of the molecule is CC(=O)c1ccc(CCc2ccccc2)cc1NC(=O)c1c(Cl)cccc1Cl. The van der Waals surface area contributed by atoms with E-state index >= 15 is 0 Å². The first-order chi connectivity index (χ1) is 13.5. The second kappa shape index (κ2) is 9.05. The molecule has 1 amide bonds. The molecule has 0 unspecified atom stereocenters. The Kier molecular flexibility index (Phi) is 6.50. The number of ketones is 1. The molecule has 28 heavy (non-hydrogen) atoms. The number of carbonyl (C=O) groups is 2. The van der Waals surface area contributed by atoms with Crippen molar-refractivity contribution in [1.82, 2.24) is 0 Å². The van der Waals surface area contributed by atoms with Crippen molar-refractivity contribution in [1.29, 1.82) is 0 Å². The van der Waals surface area contributed by atoms with E-state index in [-0.39, 0.29) is 21.4 Å². The summed E-state index contributed by atoms with van der Waals surface area (Å²) < 4.78 is 0. The van der Waals surface area contributed by atoms with E-state index in [1.807, 2.05) is 30.3 Å². The fourth-order valence-corrected chi connectivity index (χ4v) is 3.56. The third kappa shape index (κ3) is 4.80. The number of hydrogen-bond acceptors (Lipinski definition) is 2. The van der Waals surface area contributed by atoms with Crippen molar-refractivity contribution in [3.8, 4) is 0 Å². The first-order valence-electron chi connectivity index (χ1n) is 8.89. The van der Waals surface area contributed by atoms with Gasteiger partial charge in [0.2, 0.25) is 0 Å². The zero-order chi connectivity index (χ0) is 20.1. The summed E-state index contributed by atoms with van der Waals surface area (Å²) in [4.78, 5) is 24.7. The fourth-order valence-electron chi connectivity index (χ4n) is 2.99. The van der Waals surface area contributed by atoms with Gasteiger partial charge >= 0.3 is 0 Å². The highest BCUT2D eigenvalue weighted by Crippen LogP contribution is 2.27. The second-order valence-electron chi connectivity index (χ2n) is 6.47. The first-order valence-corrected chi connectivity index (χ1v) is 9.64. The predicted molar refractivity (Wildman–Crippen MR) is 115 cm³/mol. The summed E-state index contributed by atoms with van der Waals surface area (Å²) in [6.45, 7) is 1.47. The van der Waals surface area contributed by atoms with Crippen molar-refractivity contribution in [2.75, 3.05) is 5.32 Å². The van der Waals surface area contributed by atoms with Gasteiger partial charge in [0.1, 0.15) is 0 Å². The average molecular weight is 412 g/mol. The van der Waals surface area contributed by atoms with E-state index in [2.05, 4.69) is 17.4 Å². The maximum Gasteiger partial charge on any atom is 0.258 e. The minimum atomic E-state index is -0.446. The van der Waals surface area contributed by atoms with E-state index in [9.17, 15) is 9.59 Å². The summed E-state index contributed by atoms with van der Waals surface area (Å²) in [5.74, 6) is -0.575. The largest absolute Gasteiger partial charge is 0.321 e. The summed E-state index contributed by atoms with van der Waals surface area (Å²) in [5, 5.41) is 3.32. The highest BCUT2D eigenvalue weighted by Gasteiger charge is 2.17. The molecule has 3 aromatic rings. The summed E-state index contributed by atoms with van der Waals surface area (Å²) in [6.07, 6.45) is 1.65. The molecular weight excluding hydrogens is 393 g/mol. The van der Waals surface area contributed by atoms with Crippen molar-refractivity contribution in [3.05, 3.63) is 99.0 Å². The minimum absolute atomic E-state index is 0.129. The molecule has 0 atom stereocenters. The molecule has 3 rings (SSSR count).